The van der Waals surface area contributed by atoms with Gasteiger partial charge >= 0.3 is 0 Å². The van der Waals surface area contributed by atoms with E-state index in [1.165, 1.54) is 11.8 Å². The maximum Gasteiger partial charge on any atom is 0.192 e. The molecule has 0 aromatic heterocycles. The van der Waals surface area contributed by atoms with Crippen LogP contribution in [0.3, 0.4) is 0 Å². The second-order valence-electron chi connectivity index (χ2n) is 5.84. The lowest BCUT2D eigenvalue weighted by Gasteiger charge is -2.23. The first-order valence-corrected chi connectivity index (χ1v) is 8.73. The van der Waals surface area contributed by atoms with Crippen molar-refractivity contribution < 1.29 is 15.0 Å². The SMILES string of the molecule is CCN1/C(=C2/C(=O)c3ccccc3C2C(O)O)Sc2ccccc21. The lowest BCUT2D eigenvalue weighted by molar-refractivity contribution is -0.0508. The van der Waals surface area contributed by atoms with Crippen molar-refractivity contribution in [3.63, 3.8) is 0 Å². The molecule has 4 nitrogen and oxygen atoms in total. The highest BCUT2D eigenvalue weighted by Gasteiger charge is 2.43. The molecule has 1 aliphatic carbocycles. The van der Waals surface area contributed by atoms with E-state index in [-0.39, 0.29) is 5.78 Å². The molecule has 2 aromatic carbocycles. The largest absolute Gasteiger partial charge is 0.367 e. The molecule has 1 unspecified atom stereocenters. The summed E-state index contributed by atoms with van der Waals surface area (Å²) in [6.07, 6.45) is -1.61. The molecular formula is C19H17NO3S. The maximum absolute atomic E-state index is 13.0. The van der Waals surface area contributed by atoms with Crippen LogP contribution in [-0.2, 0) is 0 Å². The number of para-hydroxylation sites is 1. The average Bonchev–Trinajstić information content (AvgIpc) is 3.10. The normalized spacial score (nSPS) is 22.2. The van der Waals surface area contributed by atoms with Gasteiger partial charge in [-0.05, 0) is 24.6 Å². The van der Waals surface area contributed by atoms with Gasteiger partial charge < -0.3 is 15.1 Å². The summed E-state index contributed by atoms with van der Waals surface area (Å²) in [7, 11) is 0. The number of anilines is 1. The lowest BCUT2D eigenvalue weighted by atomic mass is 9.97. The Bertz CT molecular complexity index is 859. The predicted octanol–water partition coefficient (Wildman–Crippen LogP) is 3.12. The molecule has 0 bridgehead atoms. The fourth-order valence-corrected chi connectivity index (χ4v) is 4.81. The van der Waals surface area contributed by atoms with Crippen molar-refractivity contribution in [3.05, 3.63) is 70.3 Å². The number of Topliss-reactive ketones (excluding diaryl/α,β-unsaturated/α-hetero) is 1. The minimum atomic E-state index is -1.61. The summed E-state index contributed by atoms with van der Waals surface area (Å²) in [5.41, 5.74) is 2.79. The molecule has 1 heterocycles. The zero-order valence-electron chi connectivity index (χ0n) is 13.1. The number of nitrogens with zero attached hydrogens (tertiary/aromatic N) is 1. The van der Waals surface area contributed by atoms with Gasteiger partial charge in [0.15, 0.2) is 12.1 Å². The number of aliphatic hydroxyl groups is 2. The highest BCUT2D eigenvalue weighted by molar-refractivity contribution is 8.03. The zero-order valence-corrected chi connectivity index (χ0v) is 14.0. The van der Waals surface area contributed by atoms with Gasteiger partial charge in [0.05, 0.1) is 16.6 Å². The smallest absolute Gasteiger partial charge is 0.192 e. The van der Waals surface area contributed by atoms with Crippen LogP contribution in [0.25, 0.3) is 0 Å². The monoisotopic (exact) mass is 339 g/mol. The van der Waals surface area contributed by atoms with Crippen molar-refractivity contribution in [2.75, 3.05) is 11.4 Å². The number of carbonyl (C=O) groups excluding carboxylic acids is 1. The molecule has 24 heavy (non-hydrogen) atoms. The van der Waals surface area contributed by atoms with Gasteiger partial charge in [0.1, 0.15) is 0 Å². The zero-order chi connectivity index (χ0) is 16.8. The van der Waals surface area contributed by atoms with Gasteiger partial charge in [-0.3, -0.25) is 4.79 Å². The number of hydrogen-bond acceptors (Lipinski definition) is 5. The maximum atomic E-state index is 13.0. The Morgan fingerprint density at radius 3 is 2.58 bits per heavy atom. The Labute approximate surface area is 144 Å². The van der Waals surface area contributed by atoms with Crippen molar-refractivity contribution in [2.45, 2.75) is 24.0 Å². The van der Waals surface area contributed by atoms with E-state index in [2.05, 4.69) is 4.90 Å². The fourth-order valence-electron chi connectivity index (χ4n) is 3.51. The molecule has 122 valence electrons. The standard InChI is InChI=1S/C19H17NO3S/c1-2-20-13-9-5-6-10-14(13)24-18(20)16-15(19(22)23)11-7-3-4-8-12(11)17(16)21/h3-10,15,19,22-23H,2H2,1H3/b18-16-. The highest BCUT2D eigenvalue weighted by atomic mass is 32.2. The molecule has 0 radical (unpaired) electrons. The van der Waals surface area contributed by atoms with E-state index in [1.54, 1.807) is 18.2 Å². The van der Waals surface area contributed by atoms with E-state index in [4.69, 9.17) is 0 Å². The predicted molar refractivity (Wildman–Crippen MR) is 94.1 cm³/mol. The summed E-state index contributed by atoms with van der Waals surface area (Å²) >= 11 is 1.52. The first-order valence-electron chi connectivity index (χ1n) is 7.91. The van der Waals surface area contributed by atoms with Crippen LogP contribution in [0.4, 0.5) is 5.69 Å². The summed E-state index contributed by atoms with van der Waals surface area (Å²) in [4.78, 5) is 16.1. The molecule has 2 aromatic rings. The third-order valence-electron chi connectivity index (χ3n) is 4.55. The minimum absolute atomic E-state index is 0.113. The van der Waals surface area contributed by atoms with E-state index in [0.29, 0.717) is 23.2 Å². The number of fused-ring (bicyclic) bond motifs is 2. The van der Waals surface area contributed by atoms with Crippen LogP contribution in [0.15, 0.2) is 64.0 Å². The van der Waals surface area contributed by atoms with Crippen molar-refractivity contribution in [2.24, 2.45) is 0 Å². The summed E-state index contributed by atoms with van der Waals surface area (Å²) in [5.74, 6) is -0.822. The van der Waals surface area contributed by atoms with Crippen molar-refractivity contribution in [1.29, 1.82) is 0 Å². The van der Waals surface area contributed by atoms with Gasteiger partial charge in [-0.25, -0.2) is 0 Å². The lowest BCUT2D eigenvalue weighted by Crippen LogP contribution is -2.24. The molecule has 0 fully saturated rings. The topological polar surface area (TPSA) is 60.8 Å². The average molecular weight is 339 g/mol. The third kappa shape index (κ3) is 2.13. The number of rotatable bonds is 2. The number of benzene rings is 2. The number of aliphatic hydroxyl groups excluding tert-OH is 1. The highest BCUT2D eigenvalue weighted by Crippen LogP contribution is 2.51. The van der Waals surface area contributed by atoms with Gasteiger partial charge in [0, 0.05) is 22.6 Å². The molecular weight excluding hydrogens is 322 g/mol. The van der Waals surface area contributed by atoms with Gasteiger partial charge in [-0.15, -0.1) is 0 Å². The van der Waals surface area contributed by atoms with Crippen molar-refractivity contribution >= 4 is 23.2 Å². The first kappa shape index (κ1) is 15.4. The molecule has 1 atom stereocenters. The Hall–Kier alpha value is -2.08. The molecule has 1 aliphatic heterocycles. The fraction of sp³-hybridized carbons (Fsp3) is 0.211. The first-order chi connectivity index (χ1) is 11.6. The molecule has 0 amide bonds. The summed E-state index contributed by atoms with van der Waals surface area (Å²) in [5, 5.41) is 20.7. The molecule has 0 spiro atoms. The quantitative estimate of drug-likeness (QED) is 0.650. The van der Waals surface area contributed by atoms with Crippen LogP contribution < -0.4 is 4.90 Å². The second kappa shape index (κ2) is 5.77. The van der Waals surface area contributed by atoms with Crippen LogP contribution in [0.2, 0.25) is 0 Å². The molecule has 4 rings (SSSR count). The van der Waals surface area contributed by atoms with Gasteiger partial charge in [-0.1, -0.05) is 48.2 Å². The Morgan fingerprint density at radius 1 is 1.12 bits per heavy atom. The third-order valence-corrected chi connectivity index (χ3v) is 5.75. The summed E-state index contributed by atoms with van der Waals surface area (Å²) in [6.45, 7) is 2.74. The Morgan fingerprint density at radius 2 is 1.83 bits per heavy atom. The second-order valence-corrected chi connectivity index (χ2v) is 6.87. The molecule has 2 N–H and O–H groups in total. The van der Waals surface area contributed by atoms with Gasteiger partial charge in [0.2, 0.25) is 0 Å². The molecule has 0 saturated carbocycles. The van der Waals surface area contributed by atoms with E-state index in [9.17, 15) is 15.0 Å². The van der Waals surface area contributed by atoms with Crippen molar-refractivity contribution in [1.82, 2.24) is 0 Å². The molecule has 2 aliphatic rings. The Kier molecular flexibility index (Phi) is 3.72. The number of ketones is 1. The summed E-state index contributed by atoms with van der Waals surface area (Å²) in [6, 6.07) is 15.2. The van der Waals surface area contributed by atoms with Crippen LogP contribution in [0.1, 0.15) is 28.8 Å². The van der Waals surface area contributed by atoms with Crippen LogP contribution in [0.5, 0.6) is 0 Å². The van der Waals surface area contributed by atoms with Crippen LogP contribution >= 0.6 is 11.8 Å². The van der Waals surface area contributed by atoms with Crippen LogP contribution in [0, 0.1) is 0 Å². The molecule has 5 heteroatoms. The number of hydrogen-bond donors (Lipinski definition) is 2. The Balaban J connectivity index is 1.92. The van der Waals surface area contributed by atoms with Gasteiger partial charge in [0.25, 0.3) is 0 Å². The van der Waals surface area contributed by atoms with Gasteiger partial charge in [-0.2, -0.15) is 0 Å². The van der Waals surface area contributed by atoms with E-state index >= 15 is 0 Å². The van der Waals surface area contributed by atoms with E-state index in [1.807, 2.05) is 37.3 Å². The number of thioether (sulfide) groups is 1. The van der Waals surface area contributed by atoms with Crippen molar-refractivity contribution in [3.8, 4) is 0 Å². The number of carbonyl (C=O) groups is 1. The van der Waals surface area contributed by atoms with E-state index in [0.717, 1.165) is 15.6 Å². The van der Waals surface area contributed by atoms with Crippen LogP contribution in [-0.4, -0.2) is 28.8 Å². The van der Waals surface area contributed by atoms with E-state index < -0.39 is 12.2 Å². The minimum Gasteiger partial charge on any atom is -0.367 e. The summed E-state index contributed by atoms with van der Waals surface area (Å²) < 4.78 is 0. The molecule has 0 saturated heterocycles.